The molecule has 0 spiro atoms. The second-order valence-electron chi connectivity index (χ2n) is 4.98. The van der Waals surface area contributed by atoms with Crippen LogP contribution in [0, 0.1) is 0 Å². The number of rotatable bonds is 3. The Morgan fingerprint density at radius 2 is 1.88 bits per heavy atom. The summed E-state index contributed by atoms with van der Waals surface area (Å²) < 4.78 is 44.7. The zero-order valence-corrected chi connectivity index (χ0v) is 12.8. The molecule has 8 heteroatoms. The van der Waals surface area contributed by atoms with Crippen LogP contribution in [0.25, 0.3) is 11.3 Å². The first-order chi connectivity index (χ1) is 11.3. The summed E-state index contributed by atoms with van der Waals surface area (Å²) in [6.07, 6.45) is -2.01. The zero-order valence-electron chi connectivity index (χ0n) is 12.0. The summed E-state index contributed by atoms with van der Waals surface area (Å²) in [6.45, 7) is -0.198. The average molecular weight is 355 g/mol. The highest BCUT2D eigenvalue weighted by atomic mass is 35.5. The van der Waals surface area contributed by atoms with Crippen molar-refractivity contribution in [2.45, 2.75) is 12.7 Å². The van der Waals surface area contributed by atoms with E-state index in [9.17, 15) is 18.0 Å². The molecule has 0 atom stereocenters. The summed E-state index contributed by atoms with van der Waals surface area (Å²) in [6, 6.07) is 8.71. The summed E-state index contributed by atoms with van der Waals surface area (Å²) in [5, 5.41) is 0.564. The van der Waals surface area contributed by atoms with E-state index in [4.69, 9.17) is 16.0 Å². The van der Waals surface area contributed by atoms with E-state index in [1.807, 2.05) is 0 Å². The van der Waals surface area contributed by atoms with Crippen LogP contribution >= 0.6 is 11.6 Å². The van der Waals surface area contributed by atoms with E-state index in [-0.39, 0.29) is 12.4 Å². The monoisotopic (exact) mass is 354 g/mol. The van der Waals surface area contributed by atoms with Gasteiger partial charge in [-0.2, -0.15) is 13.2 Å². The SMILES string of the molecule is O=c1c(C(F)(F)F)cccn1Cc1ncc(-c2ccc(Cl)cc2)o1. The Kier molecular flexibility index (Phi) is 4.19. The normalized spacial score (nSPS) is 11.7. The van der Waals surface area contributed by atoms with Gasteiger partial charge in [0.2, 0.25) is 5.89 Å². The lowest BCUT2D eigenvalue weighted by molar-refractivity contribution is -0.138. The molecule has 0 aliphatic rings. The van der Waals surface area contributed by atoms with E-state index in [0.29, 0.717) is 10.8 Å². The minimum atomic E-state index is -4.70. The number of alkyl halides is 3. The second-order valence-corrected chi connectivity index (χ2v) is 5.41. The maximum Gasteiger partial charge on any atom is 0.421 e. The van der Waals surface area contributed by atoms with Gasteiger partial charge in [0.05, 0.1) is 6.20 Å². The van der Waals surface area contributed by atoms with Crippen molar-refractivity contribution in [2.75, 3.05) is 0 Å². The number of aromatic nitrogens is 2. The molecule has 2 aromatic heterocycles. The van der Waals surface area contributed by atoms with E-state index < -0.39 is 17.3 Å². The Hall–Kier alpha value is -2.54. The molecule has 0 aliphatic heterocycles. The van der Waals surface area contributed by atoms with Gasteiger partial charge in [0.1, 0.15) is 12.1 Å². The van der Waals surface area contributed by atoms with Crippen molar-refractivity contribution in [3.63, 3.8) is 0 Å². The number of pyridine rings is 1. The largest absolute Gasteiger partial charge is 0.439 e. The molecular weight excluding hydrogens is 345 g/mol. The van der Waals surface area contributed by atoms with Crippen molar-refractivity contribution in [2.24, 2.45) is 0 Å². The third kappa shape index (κ3) is 3.35. The summed E-state index contributed by atoms with van der Waals surface area (Å²) in [5.74, 6) is 0.558. The van der Waals surface area contributed by atoms with Crippen LogP contribution in [0.1, 0.15) is 11.5 Å². The summed E-state index contributed by atoms with van der Waals surface area (Å²) in [5.41, 5.74) is -1.65. The van der Waals surface area contributed by atoms with Crippen molar-refractivity contribution in [1.29, 1.82) is 0 Å². The van der Waals surface area contributed by atoms with Crippen LogP contribution in [0.15, 0.2) is 58.0 Å². The van der Waals surface area contributed by atoms with Crippen molar-refractivity contribution in [3.05, 3.63) is 75.6 Å². The predicted molar refractivity (Wildman–Crippen MR) is 81.8 cm³/mol. The topological polar surface area (TPSA) is 48.0 Å². The maximum atomic E-state index is 12.8. The van der Waals surface area contributed by atoms with Gasteiger partial charge in [-0.1, -0.05) is 11.6 Å². The molecule has 1 aromatic carbocycles. The number of nitrogens with zero attached hydrogens (tertiary/aromatic N) is 2. The average Bonchev–Trinajstić information content (AvgIpc) is 2.97. The Bertz CT molecular complexity index is 914. The Balaban J connectivity index is 1.88. The highest BCUT2D eigenvalue weighted by Crippen LogP contribution is 2.26. The summed E-state index contributed by atoms with van der Waals surface area (Å²) >= 11 is 5.80. The fourth-order valence-corrected chi connectivity index (χ4v) is 2.28. The van der Waals surface area contributed by atoms with E-state index in [2.05, 4.69) is 4.98 Å². The fraction of sp³-hybridized carbons (Fsp3) is 0.125. The molecule has 0 radical (unpaired) electrons. The van der Waals surface area contributed by atoms with Gasteiger partial charge in [-0.15, -0.1) is 0 Å². The first-order valence-corrected chi connectivity index (χ1v) is 7.20. The molecule has 124 valence electrons. The molecule has 0 fully saturated rings. The lowest BCUT2D eigenvalue weighted by atomic mass is 10.2. The van der Waals surface area contributed by atoms with E-state index in [0.717, 1.165) is 22.3 Å². The van der Waals surface area contributed by atoms with Crippen molar-refractivity contribution in [1.82, 2.24) is 9.55 Å². The quantitative estimate of drug-likeness (QED) is 0.707. The van der Waals surface area contributed by atoms with Gasteiger partial charge in [0.15, 0.2) is 5.76 Å². The summed E-state index contributed by atoms with van der Waals surface area (Å²) in [7, 11) is 0. The molecule has 0 aliphatic carbocycles. The van der Waals surface area contributed by atoms with Crippen LogP contribution < -0.4 is 5.56 Å². The van der Waals surface area contributed by atoms with Crippen LogP contribution in [0.5, 0.6) is 0 Å². The van der Waals surface area contributed by atoms with Crippen LogP contribution in [0.3, 0.4) is 0 Å². The van der Waals surface area contributed by atoms with E-state index >= 15 is 0 Å². The molecule has 3 rings (SSSR count). The first kappa shape index (κ1) is 16.3. The molecule has 0 unspecified atom stereocenters. The van der Waals surface area contributed by atoms with Gasteiger partial charge in [-0.05, 0) is 36.4 Å². The smallest absolute Gasteiger partial charge is 0.421 e. The standard InChI is InChI=1S/C16H10ClF3N2O2/c17-11-5-3-10(4-6-11)13-8-21-14(24-13)9-22-7-1-2-12(15(22)23)16(18,19)20/h1-8H,9H2. The third-order valence-corrected chi connectivity index (χ3v) is 3.57. The molecule has 3 aromatic rings. The van der Waals surface area contributed by atoms with Gasteiger partial charge in [-0.25, -0.2) is 4.98 Å². The molecule has 4 nitrogen and oxygen atoms in total. The molecule has 24 heavy (non-hydrogen) atoms. The second kappa shape index (κ2) is 6.16. The first-order valence-electron chi connectivity index (χ1n) is 6.82. The Labute approximate surface area is 139 Å². The van der Waals surface area contributed by atoms with E-state index in [1.54, 1.807) is 24.3 Å². The minimum Gasteiger partial charge on any atom is -0.439 e. The van der Waals surface area contributed by atoms with Gasteiger partial charge in [-0.3, -0.25) is 4.79 Å². The number of hydrogen-bond acceptors (Lipinski definition) is 3. The van der Waals surface area contributed by atoms with Gasteiger partial charge in [0, 0.05) is 16.8 Å². The van der Waals surface area contributed by atoms with Crippen molar-refractivity contribution >= 4 is 11.6 Å². The lowest BCUT2D eigenvalue weighted by Crippen LogP contribution is -2.28. The lowest BCUT2D eigenvalue weighted by Gasteiger charge is -2.08. The van der Waals surface area contributed by atoms with Crippen LogP contribution in [-0.2, 0) is 12.7 Å². The van der Waals surface area contributed by atoms with E-state index in [1.165, 1.54) is 12.4 Å². The number of halogens is 4. The zero-order chi connectivity index (χ0) is 17.3. The Morgan fingerprint density at radius 3 is 2.54 bits per heavy atom. The highest BCUT2D eigenvalue weighted by molar-refractivity contribution is 6.30. The fourth-order valence-electron chi connectivity index (χ4n) is 2.15. The number of hydrogen-bond donors (Lipinski definition) is 0. The van der Waals surface area contributed by atoms with Crippen LogP contribution in [0.4, 0.5) is 13.2 Å². The molecule has 0 amide bonds. The molecule has 0 N–H and O–H groups in total. The Morgan fingerprint density at radius 1 is 1.17 bits per heavy atom. The van der Waals surface area contributed by atoms with Crippen molar-refractivity contribution < 1.29 is 17.6 Å². The van der Waals surface area contributed by atoms with Gasteiger partial charge in [0.25, 0.3) is 5.56 Å². The molecule has 0 saturated heterocycles. The third-order valence-electron chi connectivity index (χ3n) is 3.31. The molecular formula is C16H10ClF3N2O2. The molecule has 0 bridgehead atoms. The number of oxazole rings is 1. The maximum absolute atomic E-state index is 12.8. The van der Waals surface area contributed by atoms with Gasteiger partial charge < -0.3 is 8.98 Å². The molecule has 0 saturated carbocycles. The van der Waals surface area contributed by atoms with Gasteiger partial charge >= 0.3 is 6.18 Å². The van der Waals surface area contributed by atoms with Crippen molar-refractivity contribution in [3.8, 4) is 11.3 Å². The van der Waals surface area contributed by atoms with Crippen LogP contribution in [0.2, 0.25) is 5.02 Å². The highest BCUT2D eigenvalue weighted by Gasteiger charge is 2.34. The molecule has 2 heterocycles. The number of benzene rings is 1. The summed E-state index contributed by atoms with van der Waals surface area (Å²) in [4.78, 5) is 15.9. The van der Waals surface area contributed by atoms with Crippen LogP contribution in [-0.4, -0.2) is 9.55 Å². The predicted octanol–water partition coefficient (Wildman–Crippen LogP) is 4.22. The minimum absolute atomic E-state index is 0.126.